The van der Waals surface area contributed by atoms with E-state index >= 15 is 0 Å². The van der Waals surface area contributed by atoms with Crippen LogP contribution in [0, 0.1) is 29.6 Å². The van der Waals surface area contributed by atoms with Crippen LogP contribution in [0.1, 0.15) is 42.0 Å². The molecule has 2 aromatic rings. The number of anilines is 1. The SMILES string of the molecule is Cc1ccc(C(C)C)cc1CN1C(=O)C(=C(C#N)C#N)c2ccccc21. The summed E-state index contributed by atoms with van der Waals surface area (Å²) in [5.41, 5.74) is 4.84. The summed E-state index contributed by atoms with van der Waals surface area (Å²) in [7, 11) is 0. The molecular weight excluding hydrogens is 322 g/mol. The second kappa shape index (κ2) is 6.86. The minimum absolute atomic E-state index is 0.141. The number of rotatable bonds is 3. The molecule has 1 aliphatic heterocycles. The summed E-state index contributed by atoms with van der Waals surface area (Å²) in [6, 6.07) is 17.3. The third-order valence-electron chi connectivity index (χ3n) is 4.77. The minimum atomic E-state index is -0.293. The smallest absolute Gasteiger partial charge is 0.261 e. The van der Waals surface area contributed by atoms with Gasteiger partial charge < -0.3 is 4.90 Å². The summed E-state index contributed by atoms with van der Waals surface area (Å²) in [6.07, 6.45) is 0. The fourth-order valence-electron chi connectivity index (χ4n) is 3.21. The Morgan fingerprint density at radius 3 is 2.46 bits per heavy atom. The molecule has 0 bridgehead atoms. The Labute approximate surface area is 153 Å². The van der Waals surface area contributed by atoms with Crippen molar-refractivity contribution in [3.05, 3.63) is 70.3 Å². The Bertz CT molecular complexity index is 987. The van der Waals surface area contributed by atoms with Gasteiger partial charge in [-0.25, -0.2) is 0 Å². The molecule has 1 aliphatic rings. The van der Waals surface area contributed by atoms with Crippen molar-refractivity contribution < 1.29 is 4.79 Å². The van der Waals surface area contributed by atoms with E-state index in [0.717, 1.165) is 16.8 Å². The third kappa shape index (κ3) is 2.87. The average Bonchev–Trinajstić information content (AvgIpc) is 2.91. The van der Waals surface area contributed by atoms with Crippen molar-refractivity contribution >= 4 is 17.2 Å². The summed E-state index contributed by atoms with van der Waals surface area (Å²) in [4.78, 5) is 14.7. The molecule has 0 unspecified atom stereocenters. The molecular formula is C22H19N3O. The monoisotopic (exact) mass is 341 g/mol. The molecule has 0 saturated carbocycles. The van der Waals surface area contributed by atoms with Crippen molar-refractivity contribution in [2.24, 2.45) is 0 Å². The van der Waals surface area contributed by atoms with E-state index in [4.69, 9.17) is 0 Å². The predicted molar refractivity (Wildman–Crippen MR) is 101 cm³/mol. The molecule has 1 heterocycles. The van der Waals surface area contributed by atoms with E-state index in [2.05, 4.69) is 32.0 Å². The molecule has 0 N–H and O–H groups in total. The average molecular weight is 341 g/mol. The topological polar surface area (TPSA) is 67.9 Å². The maximum atomic E-state index is 13.0. The standard InChI is InChI=1S/C22H19N3O/c1-14(2)16-9-8-15(3)17(10-16)13-25-20-7-5-4-6-19(20)21(22(25)26)18(11-23)12-24/h4-10,14H,13H2,1-3H3. The second-order valence-electron chi connectivity index (χ2n) is 6.72. The van der Waals surface area contributed by atoms with Crippen molar-refractivity contribution in [2.45, 2.75) is 33.2 Å². The van der Waals surface area contributed by atoms with Crippen LogP contribution in [0.4, 0.5) is 5.69 Å². The molecule has 4 heteroatoms. The first kappa shape index (κ1) is 17.5. The Balaban J connectivity index is 2.10. The highest BCUT2D eigenvalue weighted by atomic mass is 16.2. The Morgan fingerprint density at radius 1 is 1.12 bits per heavy atom. The van der Waals surface area contributed by atoms with Crippen molar-refractivity contribution in [1.29, 1.82) is 10.5 Å². The Morgan fingerprint density at radius 2 is 1.81 bits per heavy atom. The van der Waals surface area contributed by atoms with Gasteiger partial charge in [0.2, 0.25) is 0 Å². The number of hydrogen-bond donors (Lipinski definition) is 0. The van der Waals surface area contributed by atoms with Crippen LogP contribution in [0.5, 0.6) is 0 Å². The van der Waals surface area contributed by atoms with Crippen LogP contribution in [0.15, 0.2) is 48.0 Å². The maximum absolute atomic E-state index is 13.0. The lowest BCUT2D eigenvalue weighted by Crippen LogP contribution is -2.26. The second-order valence-corrected chi connectivity index (χ2v) is 6.72. The zero-order valence-corrected chi connectivity index (χ0v) is 15.1. The number of allylic oxidation sites excluding steroid dienone is 1. The van der Waals surface area contributed by atoms with Crippen LogP contribution in [-0.4, -0.2) is 5.91 Å². The number of aryl methyl sites for hydroxylation is 1. The highest BCUT2D eigenvalue weighted by Gasteiger charge is 2.35. The molecule has 26 heavy (non-hydrogen) atoms. The first-order valence-electron chi connectivity index (χ1n) is 8.53. The number of amides is 1. The highest BCUT2D eigenvalue weighted by molar-refractivity contribution is 6.34. The van der Waals surface area contributed by atoms with E-state index in [1.807, 2.05) is 37.3 Å². The minimum Gasteiger partial charge on any atom is -0.303 e. The van der Waals surface area contributed by atoms with Crippen LogP contribution in [0.25, 0.3) is 5.57 Å². The largest absolute Gasteiger partial charge is 0.303 e. The lowest BCUT2D eigenvalue weighted by Gasteiger charge is -2.20. The number of fused-ring (bicyclic) bond motifs is 1. The van der Waals surface area contributed by atoms with Crippen molar-refractivity contribution in [1.82, 2.24) is 0 Å². The number of benzene rings is 2. The van der Waals surface area contributed by atoms with Gasteiger partial charge in [-0.2, -0.15) is 10.5 Å². The molecule has 2 aromatic carbocycles. The first-order chi connectivity index (χ1) is 12.5. The van der Waals surface area contributed by atoms with Crippen LogP contribution in [0.2, 0.25) is 0 Å². The predicted octanol–water partition coefficient (Wildman–Crippen LogP) is 4.47. The van der Waals surface area contributed by atoms with Crippen LogP contribution in [0.3, 0.4) is 0 Å². The van der Waals surface area contributed by atoms with Gasteiger partial charge in [0, 0.05) is 5.56 Å². The molecule has 0 fully saturated rings. The van der Waals surface area contributed by atoms with E-state index in [0.29, 0.717) is 18.0 Å². The Hall–Kier alpha value is -3.37. The lowest BCUT2D eigenvalue weighted by atomic mass is 9.97. The van der Waals surface area contributed by atoms with Gasteiger partial charge in [-0.3, -0.25) is 4.79 Å². The molecule has 0 atom stereocenters. The highest BCUT2D eigenvalue weighted by Crippen LogP contribution is 2.39. The number of nitriles is 2. The summed E-state index contributed by atoms with van der Waals surface area (Å²) in [5, 5.41) is 18.5. The third-order valence-corrected chi connectivity index (χ3v) is 4.77. The summed E-state index contributed by atoms with van der Waals surface area (Å²) in [6.45, 7) is 6.71. The number of para-hydroxylation sites is 1. The summed E-state index contributed by atoms with van der Waals surface area (Å²) >= 11 is 0. The van der Waals surface area contributed by atoms with Crippen molar-refractivity contribution in [3.8, 4) is 12.1 Å². The quantitative estimate of drug-likeness (QED) is 0.611. The van der Waals surface area contributed by atoms with Crippen LogP contribution < -0.4 is 4.90 Å². The van der Waals surface area contributed by atoms with E-state index in [1.54, 1.807) is 11.0 Å². The van der Waals surface area contributed by atoms with Gasteiger partial charge in [0.25, 0.3) is 5.91 Å². The molecule has 0 aliphatic carbocycles. The number of nitrogens with zero attached hydrogens (tertiary/aromatic N) is 3. The zero-order valence-electron chi connectivity index (χ0n) is 15.1. The van der Waals surface area contributed by atoms with E-state index in [1.165, 1.54) is 5.56 Å². The van der Waals surface area contributed by atoms with Gasteiger partial charge in [0.1, 0.15) is 17.7 Å². The van der Waals surface area contributed by atoms with E-state index < -0.39 is 0 Å². The summed E-state index contributed by atoms with van der Waals surface area (Å²) < 4.78 is 0. The molecule has 3 rings (SSSR count). The van der Waals surface area contributed by atoms with E-state index in [9.17, 15) is 15.3 Å². The molecule has 1 amide bonds. The molecule has 0 radical (unpaired) electrons. The molecule has 0 saturated heterocycles. The van der Waals surface area contributed by atoms with Crippen LogP contribution in [-0.2, 0) is 11.3 Å². The van der Waals surface area contributed by atoms with Gasteiger partial charge in [0.15, 0.2) is 0 Å². The number of hydrogen-bond acceptors (Lipinski definition) is 3. The normalized spacial score (nSPS) is 12.8. The fraction of sp³-hybridized carbons (Fsp3) is 0.227. The van der Waals surface area contributed by atoms with Gasteiger partial charge in [-0.05, 0) is 35.6 Å². The first-order valence-corrected chi connectivity index (χ1v) is 8.53. The van der Waals surface area contributed by atoms with Crippen molar-refractivity contribution in [3.63, 3.8) is 0 Å². The zero-order chi connectivity index (χ0) is 18.8. The lowest BCUT2D eigenvalue weighted by molar-refractivity contribution is -0.113. The maximum Gasteiger partial charge on any atom is 0.261 e. The van der Waals surface area contributed by atoms with Gasteiger partial charge in [-0.1, -0.05) is 50.2 Å². The Kier molecular flexibility index (Phi) is 4.61. The fourth-order valence-corrected chi connectivity index (χ4v) is 3.21. The number of carbonyl (C=O) groups excluding carboxylic acids is 1. The molecule has 0 aromatic heterocycles. The van der Waals surface area contributed by atoms with Crippen LogP contribution >= 0.6 is 0 Å². The molecule has 4 nitrogen and oxygen atoms in total. The van der Waals surface area contributed by atoms with Gasteiger partial charge in [-0.15, -0.1) is 0 Å². The van der Waals surface area contributed by atoms with Gasteiger partial charge >= 0.3 is 0 Å². The number of carbonyl (C=O) groups is 1. The summed E-state index contributed by atoms with van der Waals surface area (Å²) in [5.74, 6) is 0.105. The van der Waals surface area contributed by atoms with Gasteiger partial charge in [0.05, 0.1) is 17.8 Å². The molecule has 128 valence electrons. The molecule has 0 spiro atoms. The van der Waals surface area contributed by atoms with E-state index in [-0.39, 0.29) is 17.1 Å². The van der Waals surface area contributed by atoms with Crippen molar-refractivity contribution in [2.75, 3.05) is 4.90 Å².